The van der Waals surface area contributed by atoms with E-state index in [1.54, 1.807) is 0 Å². The number of benzene rings is 2. The van der Waals surface area contributed by atoms with E-state index in [-0.39, 0.29) is 30.5 Å². The number of likely N-dealkylation sites (N-methyl/N-ethyl adjacent to an activating group) is 1. The molecule has 1 amide bonds. The molecule has 3 atom stereocenters. The molecular formula is C25H31N3O3. The van der Waals surface area contributed by atoms with Gasteiger partial charge in [0, 0.05) is 38.3 Å². The lowest BCUT2D eigenvalue weighted by molar-refractivity contribution is -0.135. The molecule has 2 aromatic rings. The van der Waals surface area contributed by atoms with Crippen molar-refractivity contribution in [3.63, 3.8) is 0 Å². The van der Waals surface area contributed by atoms with Crippen molar-refractivity contribution >= 4 is 11.6 Å². The maximum absolute atomic E-state index is 13.4. The van der Waals surface area contributed by atoms with E-state index in [1.807, 2.05) is 6.07 Å². The molecule has 3 aliphatic heterocycles. The predicted octanol–water partition coefficient (Wildman–Crippen LogP) is 2.39. The lowest BCUT2D eigenvalue weighted by Crippen LogP contribution is -2.50. The fourth-order valence-corrected chi connectivity index (χ4v) is 5.59. The second-order valence-electron chi connectivity index (χ2n) is 8.87. The standard InChI is InChI=1S/C25H31N3O3/c1-26-22-8-7-19(18-5-3-2-4-6-18)15-21(22)25-20(23(26)17-29)9-10-28(25)24(30)16-27-11-13-31-14-12-27/h2-8,15,20,23,25,29H,9-14,16-17H2,1H3/t20-,23-,25-/m1/s1. The van der Waals surface area contributed by atoms with Crippen LogP contribution in [0.3, 0.4) is 0 Å². The second kappa shape index (κ2) is 8.61. The summed E-state index contributed by atoms with van der Waals surface area (Å²) in [5, 5.41) is 10.2. The number of hydrogen-bond donors (Lipinski definition) is 1. The third-order valence-corrected chi connectivity index (χ3v) is 7.24. The van der Waals surface area contributed by atoms with Crippen LogP contribution in [-0.2, 0) is 9.53 Å². The molecule has 0 saturated carbocycles. The fraction of sp³-hybridized carbons (Fsp3) is 0.480. The molecule has 5 rings (SSSR count). The summed E-state index contributed by atoms with van der Waals surface area (Å²) in [7, 11) is 2.07. The Morgan fingerprint density at radius 3 is 2.58 bits per heavy atom. The van der Waals surface area contributed by atoms with E-state index in [2.05, 4.69) is 64.2 Å². The second-order valence-corrected chi connectivity index (χ2v) is 8.87. The Hall–Kier alpha value is -2.41. The van der Waals surface area contributed by atoms with Gasteiger partial charge in [0.2, 0.25) is 5.91 Å². The van der Waals surface area contributed by atoms with Crippen molar-refractivity contribution in [2.45, 2.75) is 18.5 Å². The van der Waals surface area contributed by atoms with E-state index in [1.165, 1.54) is 16.7 Å². The number of aliphatic hydroxyl groups is 1. The Labute approximate surface area is 184 Å². The van der Waals surface area contributed by atoms with Gasteiger partial charge in [-0.15, -0.1) is 0 Å². The van der Waals surface area contributed by atoms with E-state index < -0.39 is 0 Å². The smallest absolute Gasteiger partial charge is 0.237 e. The van der Waals surface area contributed by atoms with Gasteiger partial charge in [0.15, 0.2) is 0 Å². The fourth-order valence-electron chi connectivity index (χ4n) is 5.59. The summed E-state index contributed by atoms with van der Waals surface area (Å²) in [5.41, 5.74) is 4.66. The van der Waals surface area contributed by atoms with Crippen LogP contribution >= 0.6 is 0 Å². The van der Waals surface area contributed by atoms with Crippen LogP contribution in [0.1, 0.15) is 18.0 Å². The average Bonchev–Trinajstić information content (AvgIpc) is 3.26. The summed E-state index contributed by atoms with van der Waals surface area (Å²) >= 11 is 0. The third kappa shape index (κ3) is 3.73. The van der Waals surface area contributed by atoms with E-state index in [9.17, 15) is 9.90 Å². The van der Waals surface area contributed by atoms with Gasteiger partial charge in [-0.25, -0.2) is 0 Å². The van der Waals surface area contributed by atoms with E-state index >= 15 is 0 Å². The number of rotatable bonds is 4. The summed E-state index contributed by atoms with van der Waals surface area (Å²) in [6.07, 6.45) is 0.921. The molecule has 1 N–H and O–H groups in total. The molecule has 6 nitrogen and oxygen atoms in total. The number of morpholine rings is 1. The van der Waals surface area contributed by atoms with Crippen LogP contribution in [0, 0.1) is 5.92 Å². The van der Waals surface area contributed by atoms with Crippen molar-refractivity contribution in [3.05, 3.63) is 54.1 Å². The Bertz CT molecular complexity index is 929. The van der Waals surface area contributed by atoms with Gasteiger partial charge in [0.25, 0.3) is 0 Å². The van der Waals surface area contributed by atoms with Crippen LogP contribution in [0.15, 0.2) is 48.5 Å². The molecule has 0 unspecified atom stereocenters. The van der Waals surface area contributed by atoms with Gasteiger partial charge in [-0.1, -0.05) is 36.4 Å². The molecule has 0 bridgehead atoms. The van der Waals surface area contributed by atoms with Crippen molar-refractivity contribution in [2.24, 2.45) is 5.92 Å². The van der Waals surface area contributed by atoms with Crippen molar-refractivity contribution in [2.75, 3.05) is 57.9 Å². The molecule has 2 fully saturated rings. The quantitative estimate of drug-likeness (QED) is 0.822. The van der Waals surface area contributed by atoms with E-state index in [4.69, 9.17) is 4.74 Å². The minimum atomic E-state index is 0.0144. The van der Waals surface area contributed by atoms with Gasteiger partial charge in [-0.2, -0.15) is 0 Å². The van der Waals surface area contributed by atoms with E-state index in [0.29, 0.717) is 19.8 Å². The average molecular weight is 422 g/mol. The molecule has 3 heterocycles. The van der Waals surface area contributed by atoms with Gasteiger partial charge >= 0.3 is 0 Å². The summed E-state index contributed by atoms with van der Waals surface area (Å²) < 4.78 is 5.43. The summed E-state index contributed by atoms with van der Waals surface area (Å²) in [6, 6.07) is 17.0. The number of anilines is 1. The highest BCUT2D eigenvalue weighted by atomic mass is 16.5. The largest absolute Gasteiger partial charge is 0.394 e. The van der Waals surface area contributed by atoms with Crippen LogP contribution in [0.4, 0.5) is 5.69 Å². The van der Waals surface area contributed by atoms with E-state index in [0.717, 1.165) is 31.7 Å². The topological polar surface area (TPSA) is 56.2 Å². The van der Waals surface area contributed by atoms with Gasteiger partial charge in [0.05, 0.1) is 38.4 Å². The first-order chi connectivity index (χ1) is 15.2. The van der Waals surface area contributed by atoms with Crippen LogP contribution in [0.2, 0.25) is 0 Å². The maximum atomic E-state index is 13.4. The zero-order valence-electron chi connectivity index (χ0n) is 18.1. The number of aliphatic hydroxyl groups excluding tert-OH is 1. The normalized spacial score (nSPS) is 25.9. The van der Waals surface area contributed by atoms with Gasteiger partial charge in [-0.05, 0) is 35.2 Å². The summed E-state index contributed by atoms with van der Waals surface area (Å²) in [5.74, 6) is 0.425. The molecule has 0 aromatic heterocycles. The highest BCUT2D eigenvalue weighted by Crippen LogP contribution is 2.49. The molecule has 2 saturated heterocycles. The Morgan fingerprint density at radius 2 is 1.84 bits per heavy atom. The van der Waals surface area contributed by atoms with Crippen molar-refractivity contribution in [1.82, 2.24) is 9.80 Å². The molecule has 31 heavy (non-hydrogen) atoms. The molecule has 0 spiro atoms. The Kier molecular flexibility index (Phi) is 5.69. The number of carbonyl (C=O) groups excluding carboxylic acids is 1. The van der Waals surface area contributed by atoms with Gasteiger partial charge in [0.1, 0.15) is 0 Å². The SMILES string of the molecule is CN1c2ccc(-c3ccccc3)cc2[C@H]2[C@H](CCN2C(=O)CN2CCOCC2)[C@H]1CO. The minimum absolute atomic E-state index is 0.0144. The van der Waals surface area contributed by atoms with Gasteiger partial charge < -0.3 is 19.6 Å². The van der Waals surface area contributed by atoms with Crippen molar-refractivity contribution in [1.29, 1.82) is 0 Å². The first-order valence-corrected chi connectivity index (χ1v) is 11.3. The predicted molar refractivity (Wildman–Crippen MR) is 121 cm³/mol. The number of ether oxygens (including phenoxy) is 1. The Morgan fingerprint density at radius 1 is 1.06 bits per heavy atom. The number of carbonyl (C=O) groups is 1. The highest BCUT2D eigenvalue weighted by molar-refractivity contribution is 5.80. The Balaban J connectivity index is 1.50. The number of likely N-dealkylation sites (tertiary alicyclic amines) is 1. The van der Waals surface area contributed by atoms with Crippen LogP contribution < -0.4 is 4.90 Å². The van der Waals surface area contributed by atoms with Crippen LogP contribution in [0.25, 0.3) is 11.1 Å². The minimum Gasteiger partial charge on any atom is -0.394 e. The van der Waals surface area contributed by atoms with Crippen molar-refractivity contribution in [3.8, 4) is 11.1 Å². The maximum Gasteiger partial charge on any atom is 0.237 e. The molecule has 164 valence electrons. The molecule has 0 radical (unpaired) electrons. The molecule has 0 aliphatic carbocycles. The molecule has 3 aliphatic rings. The summed E-state index contributed by atoms with van der Waals surface area (Å²) in [6.45, 7) is 4.30. The van der Waals surface area contributed by atoms with Crippen LogP contribution in [0.5, 0.6) is 0 Å². The van der Waals surface area contributed by atoms with Crippen molar-refractivity contribution < 1.29 is 14.6 Å². The molecule has 6 heteroatoms. The lowest BCUT2D eigenvalue weighted by Gasteiger charge is -2.45. The first kappa shape index (κ1) is 20.5. The zero-order chi connectivity index (χ0) is 21.4. The zero-order valence-corrected chi connectivity index (χ0v) is 18.1. The molecule has 2 aromatic carbocycles. The number of fused-ring (bicyclic) bond motifs is 3. The lowest BCUT2D eigenvalue weighted by atomic mass is 9.81. The third-order valence-electron chi connectivity index (χ3n) is 7.24. The first-order valence-electron chi connectivity index (χ1n) is 11.3. The van der Waals surface area contributed by atoms with Gasteiger partial charge in [-0.3, -0.25) is 9.69 Å². The van der Waals surface area contributed by atoms with Crippen LogP contribution in [-0.4, -0.2) is 79.9 Å². The highest BCUT2D eigenvalue weighted by Gasteiger charge is 2.47. The number of amides is 1. The summed E-state index contributed by atoms with van der Waals surface area (Å²) in [4.78, 5) is 19.9. The molecular weight excluding hydrogens is 390 g/mol. The monoisotopic (exact) mass is 421 g/mol. The number of nitrogens with zero attached hydrogens (tertiary/aromatic N) is 3. The number of hydrogen-bond acceptors (Lipinski definition) is 5.